The molecule has 3 rings (SSSR count). The van der Waals surface area contributed by atoms with E-state index in [1.54, 1.807) is 20.8 Å². The number of carbonyl (C=O) groups is 2. The highest BCUT2D eigenvalue weighted by Crippen LogP contribution is 2.26. The van der Waals surface area contributed by atoms with Crippen LogP contribution in [-0.4, -0.2) is 36.6 Å². The number of aryl methyl sites for hydroxylation is 1. The van der Waals surface area contributed by atoms with E-state index in [4.69, 9.17) is 0 Å². The molecule has 0 spiro atoms. The molecule has 2 aromatic heterocycles. The Morgan fingerprint density at radius 3 is 2.50 bits per heavy atom. The van der Waals surface area contributed by atoms with Crippen molar-refractivity contribution in [3.8, 4) is 0 Å². The van der Waals surface area contributed by atoms with Crippen LogP contribution in [0.1, 0.15) is 51.5 Å². The number of nitrogens with one attached hydrogen (secondary N) is 2. The van der Waals surface area contributed by atoms with Crippen molar-refractivity contribution in [2.45, 2.75) is 44.6 Å². The van der Waals surface area contributed by atoms with Gasteiger partial charge in [-0.25, -0.2) is 9.89 Å². The number of thioether (sulfide) groups is 1. The number of benzene rings is 1. The van der Waals surface area contributed by atoms with Crippen LogP contribution >= 0.6 is 11.8 Å². The lowest BCUT2D eigenvalue weighted by Crippen LogP contribution is -2.20. The zero-order valence-corrected chi connectivity index (χ0v) is 17.0. The number of carbonyl (C=O) groups excluding carboxylic acids is 2. The average Bonchev–Trinajstić information content (AvgIpc) is 3.15. The van der Waals surface area contributed by atoms with Crippen molar-refractivity contribution < 1.29 is 9.59 Å². The van der Waals surface area contributed by atoms with Crippen LogP contribution in [0.4, 0.5) is 0 Å². The van der Waals surface area contributed by atoms with E-state index in [9.17, 15) is 14.4 Å². The molecule has 0 aliphatic rings. The minimum absolute atomic E-state index is 0.0744. The normalized spacial score (nSPS) is 12.1. The van der Waals surface area contributed by atoms with Crippen LogP contribution in [-0.2, 0) is 6.54 Å². The Bertz CT molecular complexity index is 1080. The quantitative estimate of drug-likeness (QED) is 0.470. The second-order valence-corrected chi connectivity index (χ2v) is 8.00. The van der Waals surface area contributed by atoms with Crippen molar-refractivity contribution in [1.29, 1.82) is 0 Å². The predicted molar refractivity (Wildman–Crippen MR) is 108 cm³/mol. The third-order valence-electron chi connectivity index (χ3n) is 4.59. The highest BCUT2D eigenvalue weighted by molar-refractivity contribution is 8.00. The molecule has 3 aromatic rings. The highest BCUT2D eigenvalue weighted by Gasteiger charge is 2.26. The zero-order chi connectivity index (χ0) is 20.4. The lowest BCUT2D eigenvalue weighted by atomic mass is 10.0. The highest BCUT2D eigenvalue weighted by atomic mass is 32.2. The standard InChI is InChI=1S/C20H22N4O3S/c1-11-16(13(3)25)12(2)21-17(11)18(26)14(4)28-20-23-22-19(27)24(20)10-15-8-6-5-7-9-15/h5-9,14,21H,10H2,1-4H3,(H,22,27). The van der Waals surface area contributed by atoms with E-state index in [1.165, 1.54) is 23.3 Å². The number of nitrogens with zero attached hydrogens (tertiary/aromatic N) is 2. The first-order valence-electron chi connectivity index (χ1n) is 8.89. The van der Waals surface area contributed by atoms with Gasteiger partial charge in [0.25, 0.3) is 0 Å². The number of hydrogen-bond acceptors (Lipinski definition) is 5. The molecule has 146 valence electrons. The number of H-pyrrole nitrogens is 2. The minimum atomic E-state index is -0.485. The van der Waals surface area contributed by atoms with Crippen molar-refractivity contribution >= 4 is 23.3 Å². The summed E-state index contributed by atoms with van der Waals surface area (Å²) in [7, 11) is 0. The van der Waals surface area contributed by atoms with Gasteiger partial charge in [0.1, 0.15) is 0 Å². The molecule has 0 amide bonds. The molecule has 1 aromatic carbocycles. The maximum atomic E-state index is 12.9. The Kier molecular flexibility index (Phi) is 5.69. The SMILES string of the molecule is CC(=O)c1c(C)[nH]c(C(=O)C(C)Sc2n[nH]c(=O)n2Cc2ccccc2)c1C. The predicted octanol–water partition coefficient (Wildman–Crippen LogP) is 3.13. The van der Waals surface area contributed by atoms with Crippen LogP contribution in [0.5, 0.6) is 0 Å². The Balaban J connectivity index is 1.83. The zero-order valence-electron chi connectivity index (χ0n) is 16.2. The molecule has 2 N–H and O–H groups in total. The molecule has 1 atom stereocenters. The summed E-state index contributed by atoms with van der Waals surface area (Å²) in [6.45, 7) is 7.17. The third kappa shape index (κ3) is 3.87. The van der Waals surface area contributed by atoms with Crippen molar-refractivity contribution in [1.82, 2.24) is 19.7 Å². The van der Waals surface area contributed by atoms with Gasteiger partial charge in [-0.2, -0.15) is 0 Å². The van der Waals surface area contributed by atoms with E-state index < -0.39 is 5.25 Å². The van der Waals surface area contributed by atoms with E-state index in [1.807, 2.05) is 30.3 Å². The van der Waals surface area contributed by atoms with E-state index >= 15 is 0 Å². The Labute approximate surface area is 166 Å². The van der Waals surface area contributed by atoms with Gasteiger partial charge < -0.3 is 4.98 Å². The molecule has 28 heavy (non-hydrogen) atoms. The maximum Gasteiger partial charge on any atom is 0.344 e. The second kappa shape index (κ2) is 8.02. The topological polar surface area (TPSA) is 101 Å². The minimum Gasteiger partial charge on any atom is -0.355 e. The molecule has 8 heteroatoms. The monoisotopic (exact) mass is 398 g/mol. The number of ketones is 2. The van der Waals surface area contributed by atoms with Crippen molar-refractivity contribution in [3.05, 3.63) is 68.9 Å². The number of Topliss-reactive ketones (excluding diaryl/α,β-unsaturated/α-hetero) is 2. The molecule has 0 bridgehead atoms. The molecule has 1 unspecified atom stereocenters. The first-order valence-corrected chi connectivity index (χ1v) is 9.77. The van der Waals surface area contributed by atoms with E-state index in [-0.39, 0.29) is 17.3 Å². The van der Waals surface area contributed by atoms with Crippen molar-refractivity contribution in [3.63, 3.8) is 0 Å². The third-order valence-corrected chi connectivity index (χ3v) is 5.68. The van der Waals surface area contributed by atoms with Crippen LogP contribution in [0.2, 0.25) is 0 Å². The van der Waals surface area contributed by atoms with Crippen LogP contribution in [0.15, 0.2) is 40.3 Å². The molecule has 0 saturated heterocycles. The molecular formula is C20H22N4O3S. The van der Waals surface area contributed by atoms with Gasteiger partial charge >= 0.3 is 5.69 Å². The molecule has 0 aliphatic heterocycles. The molecule has 0 fully saturated rings. The lowest BCUT2D eigenvalue weighted by molar-refractivity contribution is 0.0988. The number of aromatic nitrogens is 4. The van der Waals surface area contributed by atoms with Gasteiger partial charge in [-0.15, -0.1) is 5.10 Å². The summed E-state index contributed by atoms with van der Waals surface area (Å²) in [6, 6.07) is 9.58. The smallest absolute Gasteiger partial charge is 0.344 e. The van der Waals surface area contributed by atoms with Crippen LogP contribution in [0.3, 0.4) is 0 Å². The Morgan fingerprint density at radius 2 is 1.89 bits per heavy atom. The largest absolute Gasteiger partial charge is 0.355 e. The summed E-state index contributed by atoms with van der Waals surface area (Å²) in [5.74, 6) is -0.214. The van der Waals surface area contributed by atoms with Gasteiger partial charge in [0, 0.05) is 11.3 Å². The van der Waals surface area contributed by atoms with Gasteiger partial charge in [0.15, 0.2) is 16.7 Å². The summed E-state index contributed by atoms with van der Waals surface area (Å²) in [4.78, 5) is 39.9. The van der Waals surface area contributed by atoms with Crippen LogP contribution in [0.25, 0.3) is 0 Å². The summed E-state index contributed by atoms with van der Waals surface area (Å²) >= 11 is 1.21. The van der Waals surface area contributed by atoms with Crippen molar-refractivity contribution in [2.24, 2.45) is 0 Å². The lowest BCUT2D eigenvalue weighted by Gasteiger charge is -2.11. The first-order chi connectivity index (χ1) is 13.3. The molecule has 7 nitrogen and oxygen atoms in total. The summed E-state index contributed by atoms with van der Waals surface area (Å²) in [5, 5.41) is 6.49. The Morgan fingerprint density at radius 1 is 1.21 bits per heavy atom. The van der Waals surface area contributed by atoms with E-state index in [0.717, 1.165) is 5.56 Å². The molecule has 0 radical (unpaired) electrons. The van der Waals surface area contributed by atoms with Gasteiger partial charge in [0.05, 0.1) is 17.5 Å². The average molecular weight is 398 g/mol. The number of rotatable bonds is 7. The fourth-order valence-electron chi connectivity index (χ4n) is 3.24. The van der Waals surface area contributed by atoms with Crippen molar-refractivity contribution in [2.75, 3.05) is 0 Å². The number of hydrogen-bond donors (Lipinski definition) is 2. The van der Waals surface area contributed by atoms with Crippen LogP contribution < -0.4 is 5.69 Å². The van der Waals surface area contributed by atoms with Gasteiger partial charge in [-0.1, -0.05) is 42.1 Å². The van der Waals surface area contributed by atoms with E-state index in [2.05, 4.69) is 15.2 Å². The molecular weight excluding hydrogens is 376 g/mol. The molecule has 0 saturated carbocycles. The molecule has 2 heterocycles. The fraction of sp³-hybridized carbons (Fsp3) is 0.300. The summed E-state index contributed by atoms with van der Waals surface area (Å²) < 4.78 is 1.51. The Hall–Kier alpha value is -2.87. The fourth-order valence-corrected chi connectivity index (χ4v) is 4.15. The van der Waals surface area contributed by atoms with Gasteiger partial charge in [-0.05, 0) is 38.8 Å². The summed E-state index contributed by atoms with van der Waals surface area (Å²) in [6.07, 6.45) is 0. The van der Waals surface area contributed by atoms with E-state index in [0.29, 0.717) is 34.2 Å². The maximum absolute atomic E-state index is 12.9. The van der Waals surface area contributed by atoms with Crippen LogP contribution in [0, 0.1) is 13.8 Å². The second-order valence-electron chi connectivity index (χ2n) is 6.69. The number of aromatic amines is 2. The summed E-state index contributed by atoms with van der Waals surface area (Å²) in [5.41, 5.74) is 2.97. The first kappa shape index (κ1) is 19.9. The molecule has 0 aliphatic carbocycles. The van der Waals surface area contributed by atoms with Gasteiger partial charge in [0.2, 0.25) is 0 Å². The van der Waals surface area contributed by atoms with Gasteiger partial charge in [-0.3, -0.25) is 14.2 Å².